The highest BCUT2D eigenvalue weighted by molar-refractivity contribution is 7.20. The van der Waals surface area contributed by atoms with E-state index in [-0.39, 0.29) is 17.3 Å². The van der Waals surface area contributed by atoms with Gasteiger partial charge in [-0.3, -0.25) is 0 Å². The molecule has 6 aromatic rings. The van der Waals surface area contributed by atoms with Crippen molar-refractivity contribution in [3.8, 4) is 16.7 Å². The second-order valence-corrected chi connectivity index (χ2v) is 8.34. The lowest BCUT2D eigenvalue weighted by Gasteiger charge is -2.00. The quantitative estimate of drug-likeness (QED) is 0.280. The predicted molar refractivity (Wildman–Crippen MR) is 130 cm³/mol. The third kappa shape index (κ3) is 4.68. The van der Waals surface area contributed by atoms with E-state index >= 15 is 0 Å². The fourth-order valence-corrected chi connectivity index (χ4v) is 4.11. The van der Waals surface area contributed by atoms with Crippen LogP contribution in [0.5, 0.6) is 16.7 Å². The molecule has 0 saturated carbocycles. The van der Waals surface area contributed by atoms with Crippen molar-refractivity contribution >= 4 is 55.6 Å². The van der Waals surface area contributed by atoms with E-state index in [4.69, 9.17) is 18.7 Å². The minimum Gasteiger partial charge on any atom is -0.508 e. The Morgan fingerprint density at radius 3 is 2.42 bits per heavy atom. The molecule has 0 radical (unpaired) electrons. The van der Waals surface area contributed by atoms with Gasteiger partial charge in [-0.15, -0.1) is 0 Å². The maximum atomic E-state index is 11.1. The molecule has 2 aromatic carbocycles. The third-order valence-corrected chi connectivity index (χ3v) is 5.82. The van der Waals surface area contributed by atoms with E-state index < -0.39 is 11.9 Å². The number of carbonyl (C=O) groups excluding carboxylic acids is 1. The number of carboxylic acids is 1. The number of benzene rings is 2. The van der Waals surface area contributed by atoms with E-state index in [1.54, 1.807) is 30.5 Å². The van der Waals surface area contributed by atoms with E-state index in [9.17, 15) is 14.7 Å². The van der Waals surface area contributed by atoms with E-state index in [2.05, 4.69) is 14.7 Å². The highest BCUT2D eigenvalue weighted by atomic mass is 32.1. The average Bonchev–Trinajstić information content (AvgIpc) is 3.59. The smallest absolute Gasteiger partial charge is 0.373 e. The number of hydrogen-bond donors (Lipinski definition) is 2. The molecular formula is C25H16N2O8S. The van der Waals surface area contributed by atoms with Crippen molar-refractivity contribution in [2.24, 2.45) is 0 Å². The molecule has 36 heavy (non-hydrogen) atoms. The summed E-state index contributed by atoms with van der Waals surface area (Å²) in [6.45, 7) is 0. The van der Waals surface area contributed by atoms with Crippen LogP contribution in [0.4, 0.5) is 0 Å². The number of rotatable bonds is 4. The minimum atomic E-state index is -1.10. The van der Waals surface area contributed by atoms with Gasteiger partial charge >= 0.3 is 11.9 Å². The number of aromatic carboxylic acids is 1. The summed E-state index contributed by atoms with van der Waals surface area (Å²) in [4.78, 5) is 30.4. The summed E-state index contributed by atoms with van der Waals surface area (Å²) in [6, 6.07) is 16.4. The number of esters is 1. The molecule has 0 bridgehead atoms. The normalized spacial score (nSPS) is 10.8. The topological polar surface area (TPSA) is 145 Å². The van der Waals surface area contributed by atoms with Crippen molar-refractivity contribution in [3.05, 3.63) is 78.4 Å². The lowest BCUT2D eigenvalue weighted by molar-refractivity contribution is 0.0567. The molecule has 10 nitrogen and oxygen atoms in total. The van der Waals surface area contributed by atoms with Crippen molar-refractivity contribution in [1.82, 2.24) is 9.97 Å². The first kappa shape index (κ1) is 22.9. The first-order chi connectivity index (χ1) is 17.4. The summed E-state index contributed by atoms with van der Waals surface area (Å²) in [6.07, 6.45) is 1.68. The van der Waals surface area contributed by atoms with Gasteiger partial charge in [0.2, 0.25) is 11.5 Å². The monoisotopic (exact) mass is 504 g/mol. The molecule has 0 aliphatic heterocycles. The van der Waals surface area contributed by atoms with Gasteiger partial charge in [0.25, 0.3) is 5.19 Å². The molecule has 0 atom stereocenters. The fourth-order valence-electron chi connectivity index (χ4n) is 3.32. The van der Waals surface area contributed by atoms with Gasteiger partial charge in [-0.05, 0) is 60.7 Å². The molecule has 6 rings (SSSR count). The number of phenols is 1. The van der Waals surface area contributed by atoms with Crippen LogP contribution in [-0.4, -0.2) is 39.2 Å². The van der Waals surface area contributed by atoms with Crippen LogP contribution >= 0.6 is 11.3 Å². The Hall–Kier alpha value is -4.90. The predicted octanol–water partition coefficient (Wildman–Crippen LogP) is 5.85. The largest absolute Gasteiger partial charge is 0.508 e. The van der Waals surface area contributed by atoms with Crippen LogP contribution in [0.2, 0.25) is 0 Å². The first-order valence-corrected chi connectivity index (χ1v) is 11.2. The molecule has 0 spiro atoms. The Balaban J connectivity index is 0.000000165. The number of thiazole rings is 1. The molecule has 4 heterocycles. The van der Waals surface area contributed by atoms with Crippen molar-refractivity contribution in [2.75, 3.05) is 7.11 Å². The summed E-state index contributed by atoms with van der Waals surface area (Å²) in [7, 11) is 1.28. The van der Waals surface area contributed by atoms with E-state index in [0.717, 1.165) is 4.70 Å². The molecule has 0 saturated heterocycles. The second kappa shape index (κ2) is 9.39. The Kier molecular flexibility index (Phi) is 5.97. The number of fused-ring (bicyclic) bond motifs is 3. The molecule has 180 valence electrons. The number of furan rings is 2. The van der Waals surface area contributed by atoms with Gasteiger partial charge in [0, 0.05) is 17.0 Å². The Morgan fingerprint density at radius 1 is 0.944 bits per heavy atom. The number of hydrogen-bond acceptors (Lipinski definition) is 10. The van der Waals surface area contributed by atoms with Gasteiger partial charge in [-0.1, -0.05) is 11.3 Å². The average molecular weight is 504 g/mol. The van der Waals surface area contributed by atoms with Crippen LogP contribution in [0, 0.1) is 0 Å². The number of aromatic nitrogens is 2. The third-order valence-electron chi connectivity index (χ3n) is 4.94. The van der Waals surface area contributed by atoms with Gasteiger partial charge < -0.3 is 28.5 Å². The van der Waals surface area contributed by atoms with Crippen LogP contribution < -0.4 is 4.74 Å². The van der Waals surface area contributed by atoms with Gasteiger partial charge in [-0.25, -0.2) is 14.6 Å². The summed E-state index contributed by atoms with van der Waals surface area (Å²) < 4.78 is 21.6. The number of pyridine rings is 1. The number of methoxy groups -OCH3 is 1. The highest BCUT2D eigenvalue weighted by Gasteiger charge is 2.13. The maximum absolute atomic E-state index is 11.1. The summed E-state index contributed by atoms with van der Waals surface area (Å²) in [5.74, 6) is -0.903. The zero-order valence-corrected chi connectivity index (χ0v) is 19.3. The summed E-state index contributed by atoms with van der Waals surface area (Å²) in [5.41, 5.74) is 1.68. The molecule has 11 heteroatoms. The molecule has 2 N–H and O–H groups in total. The van der Waals surface area contributed by atoms with Crippen molar-refractivity contribution in [2.45, 2.75) is 0 Å². The van der Waals surface area contributed by atoms with Gasteiger partial charge in [0.1, 0.15) is 22.7 Å². The van der Waals surface area contributed by atoms with Crippen molar-refractivity contribution < 1.29 is 38.1 Å². The van der Waals surface area contributed by atoms with Crippen LogP contribution in [0.25, 0.3) is 32.3 Å². The molecule has 0 amide bonds. The van der Waals surface area contributed by atoms with E-state index in [0.29, 0.717) is 38.5 Å². The first-order valence-electron chi connectivity index (χ1n) is 10.4. The van der Waals surface area contributed by atoms with Crippen LogP contribution in [0.3, 0.4) is 0 Å². The highest BCUT2D eigenvalue weighted by Crippen LogP contribution is 2.32. The zero-order valence-electron chi connectivity index (χ0n) is 18.5. The van der Waals surface area contributed by atoms with Crippen LogP contribution in [-0.2, 0) is 4.74 Å². The number of ether oxygens (including phenoxy) is 2. The summed E-state index contributed by atoms with van der Waals surface area (Å²) in [5, 5.41) is 19.9. The maximum Gasteiger partial charge on any atom is 0.373 e. The van der Waals surface area contributed by atoms with Crippen LogP contribution in [0.1, 0.15) is 21.1 Å². The van der Waals surface area contributed by atoms with Crippen LogP contribution in [0.15, 0.2) is 75.7 Å². The number of nitrogens with zero attached hydrogens (tertiary/aromatic N) is 2. The van der Waals surface area contributed by atoms with Gasteiger partial charge in [-0.2, -0.15) is 4.98 Å². The molecule has 0 aliphatic rings. The number of carboxylic acid groups (broad SMARTS) is 1. The minimum absolute atomic E-state index is 0.101. The van der Waals surface area contributed by atoms with E-state index in [1.807, 2.05) is 12.1 Å². The Bertz CT molecular complexity index is 1700. The van der Waals surface area contributed by atoms with Crippen molar-refractivity contribution in [1.29, 1.82) is 0 Å². The van der Waals surface area contributed by atoms with Gasteiger partial charge in [0.15, 0.2) is 5.65 Å². The molecular weight excluding hydrogens is 488 g/mol. The SMILES string of the molecule is COC(=O)c1cc2cc(O)ccc2o1.O=C(O)c1cc2cc(Oc3nc4ncccc4s3)ccc2o1. The zero-order chi connectivity index (χ0) is 25.2. The van der Waals surface area contributed by atoms with Crippen molar-refractivity contribution in [3.63, 3.8) is 0 Å². The lowest BCUT2D eigenvalue weighted by Crippen LogP contribution is -1.97. The standard InChI is InChI=1S/C15H8N2O4S.C10H8O4/c18-14(19)11-7-8-6-9(3-4-10(8)21-11)20-15-17-13-12(22-15)2-1-5-16-13;1-13-10(12)9-5-6-4-7(11)2-3-8(6)14-9/h1-7H,(H,18,19);2-5,11H,1H3. The van der Waals surface area contributed by atoms with E-state index in [1.165, 1.54) is 42.7 Å². The summed E-state index contributed by atoms with van der Waals surface area (Å²) >= 11 is 1.39. The number of phenolic OH excluding ortho intramolecular Hbond substituents is 1. The second-order valence-electron chi connectivity index (χ2n) is 7.35. The number of carbonyl (C=O) groups is 2. The molecule has 0 aliphatic carbocycles. The molecule has 0 unspecified atom stereocenters. The molecule has 4 aromatic heterocycles. The lowest BCUT2D eigenvalue weighted by atomic mass is 10.2. The Labute approximate surface area is 205 Å². The molecule has 0 fully saturated rings. The number of aromatic hydroxyl groups is 1. The Morgan fingerprint density at radius 2 is 1.67 bits per heavy atom. The van der Waals surface area contributed by atoms with Gasteiger partial charge in [0.05, 0.1) is 11.8 Å². The fraction of sp³-hybridized carbons (Fsp3) is 0.0400.